The van der Waals surface area contributed by atoms with Gasteiger partial charge in [-0.25, -0.2) is 13.3 Å². The van der Waals surface area contributed by atoms with Gasteiger partial charge in [0.1, 0.15) is 11.3 Å². The maximum Gasteiger partial charge on any atom is 0.341 e. The Kier molecular flexibility index (Phi) is 6.68. The average molecular weight is 474 g/mol. The number of nitrogens with one attached hydrogen (secondary N) is 1. The molecule has 1 amide bonds. The number of nitrogens with zero attached hydrogens (tertiary/aromatic N) is 2. The average Bonchev–Trinajstić information content (AvgIpc) is 3.56. The van der Waals surface area contributed by atoms with Gasteiger partial charge in [0.2, 0.25) is 0 Å². The van der Waals surface area contributed by atoms with Crippen LogP contribution < -0.4 is 14.4 Å². The summed E-state index contributed by atoms with van der Waals surface area (Å²) in [4.78, 5) is 27.2. The lowest BCUT2D eigenvalue weighted by Gasteiger charge is -2.27. The van der Waals surface area contributed by atoms with Crippen molar-refractivity contribution in [1.29, 1.82) is 0 Å². The van der Waals surface area contributed by atoms with E-state index < -0.39 is 23.1 Å². The van der Waals surface area contributed by atoms with Gasteiger partial charge in [-0.1, -0.05) is 18.2 Å². The summed E-state index contributed by atoms with van der Waals surface area (Å²) in [6.07, 6.45) is 1.68. The molecular weight excluding hydrogens is 446 g/mol. The van der Waals surface area contributed by atoms with Gasteiger partial charge in [0, 0.05) is 12.5 Å². The van der Waals surface area contributed by atoms with E-state index >= 15 is 0 Å². The van der Waals surface area contributed by atoms with E-state index in [1.807, 2.05) is 19.0 Å². The SMILES string of the molecule is CN(C)CCCNC(=O)c1ccccc1N(c1ccc2c(c1C(=O)O)OCC1CC21)S(=O)O. The highest BCUT2D eigenvalue weighted by Crippen LogP contribution is 2.56. The second kappa shape index (κ2) is 9.50. The van der Waals surface area contributed by atoms with Crippen molar-refractivity contribution in [3.05, 3.63) is 53.1 Å². The maximum absolute atomic E-state index is 12.9. The van der Waals surface area contributed by atoms with Gasteiger partial charge in [0.15, 0.2) is 0 Å². The molecule has 0 bridgehead atoms. The summed E-state index contributed by atoms with van der Waals surface area (Å²) >= 11 is -2.64. The van der Waals surface area contributed by atoms with Crippen molar-refractivity contribution in [3.8, 4) is 5.75 Å². The van der Waals surface area contributed by atoms with Crippen LogP contribution in [-0.2, 0) is 11.3 Å². The van der Waals surface area contributed by atoms with Crippen LogP contribution in [-0.4, -0.2) is 64.4 Å². The topological polar surface area (TPSA) is 119 Å². The Morgan fingerprint density at radius 3 is 2.64 bits per heavy atom. The normalized spacial score (nSPS) is 19.2. The summed E-state index contributed by atoms with van der Waals surface area (Å²) in [6, 6.07) is 9.61. The minimum atomic E-state index is -2.64. The number of aromatic carboxylic acids is 1. The van der Waals surface area contributed by atoms with Crippen LogP contribution in [0, 0.1) is 5.92 Å². The summed E-state index contributed by atoms with van der Waals surface area (Å²) in [5.41, 5.74) is 0.923. The van der Waals surface area contributed by atoms with Crippen molar-refractivity contribution in [3.63, 3.8) is 0 Å². The third-order valence-electron chi connectivity index (χ3n) is 5.95. The van der Waals surface area contributed by atoms with Crippen LogP contribution in [0.5, 0.6) is 5.75 Å². The second-order valence-corrected chi connectivity index (χ2v) is 9.38. The van der Waals surface area contributed by atoms with Crippen molar-refractivity contribution >= 4 is 34.5 Å². The van der Waals surface area contributed by atoms with E-state index in [2.05, 4.69) is 5.32 Å². The highest BCUT2D eigenvalue weighted by atomic mass is 32.2. The fraction of sp³-hybridized carbons (Fsp3) is 0.391. The maximum atomic E-state index is 12.9. The number of hydrogen-bond acceptors (Lipinski definition) is 5. The molecule has 1 heterocycles. The molecular formula is C23H27N3O6S. The molecule has 2 aromatic carbocycles. The Morgan fingerprint density at radius 2 is 1.94 bits per heavy atom. The lowest BCUT2D eigenvalue weighted by Crippen LogP contribution is -2.30. The van der Waals surface area contributed by atoms with Gasteiger partial charge in [-0.05, 0) is 63.2 Å². The van der Waals surface area contributed by atoms with E-state index in [9.17, 15) is 23.5 Å². The molecule has 0 saturated heterocycles. The second-order valence-electron chi connectivity index (χ2n) is 8.55. The number of para-hydroxylation sites is 1. The van der Waals surface area contributed by atoms with E-state index in [1.54, 1.807) is 24.3 Å². The number of carbonyl (C=O) groups excluding carboxylic acids is 1. The number of fused-ring (bicyclic) bond motifs is 3. The molecule has 3 unspecified atom stereocenters. The summed E-state index contributed by atoms with van der Waals surface area (Å²) in [7, 11) is 3.88. The van der Waals surface area contributed by atoms with Crippen LogP contribution in [0.4, 0.5) is 11.4 Å². The van der Waals surface area contributed by atoms with Gasteiger partial charge in [0.05, 0.1) is 23.5 Å². The van der Waals surface area contributed by atoms with Crippen molar-refractivity contribution < 1.29 is 28.2 Å². The summed E-state index contributed by atoms with van der Waals surface area (Å²) in [5.74, 6) is -0.784. The van der Waals surface area contributed by atoms with E-state index in [4.69, 9.17) is 4.74 Å². The summed E-state index contributed by atoms with van der Waals surface area (Å²) < 4.78 is 29.4. The first-order valence-corrected chi connectivity index (χ1v) is 11.8. The van der Waals surface area contributed by atoms with Crippen molar-refractivity contribution in [1.82, 2.24) is 10.2 Å². The van der Waals surface area contributed by atoms with Gasteiger partial charge in [-0.2, -0.15) is 0 Å². The molecule has 3 atom stereocenters. The quantitative estimate of drug-likeness (QED) is 0.378. The first-order valence-electron chi connectivity index (χ1n) is 10.8. The Morgan fingerprint density at radius 1 is 1.18 bits per heavy atom. The molecule has 10 heteroatoms. The molecule has 176 valence electrons. The van der Waals surface area contributed by atoms with E-state index in [0.717, 1.165) is 29.3 Å². The Bertz CT molecular complexity index is 1110. The molecule has 1 fully saturated rings. The standard InChI is InChI=1S/C23H27N3O6S/c1-25(2)11-5-10-24-22(27)16-6-3-4-7-18(16)26(33(30)31)19-9-8-15-17-12-14(17)13-32-21(15)20(19)23(28)29/h3-4,6-9,14,17H,5,10-13H2,1-2H3,(H,24,27)(H,28,29)(H,30,31). The summed E-state index contributed by atoms with van der Waals surface area (Å²) in [5, 5.41) is 12.8. The third-order valence-corrected chi connectivity index (χ3v) is 6.66. The number of carboxylic acid groups (broad SMARTS) is 1. The molecule has 1 saturated carbocycles. The lowest BCUT2D eigenvalue weighted by molar-refractivity contribution is 0.0692. The number of ether oxygens (including phenoxy) is 1. The number of carbonyl (C=O) groups is 2. The van der Waals surface area contributed by atoms with Gasteiger partial charge in [-0.15, -0.1) is 0 Å². The Hall–Kier alpha value is -2.95. The molecule has 33 heavy (non-hydrogen) atoms. The molecule has 0 aromatic heterocycles. The Labute approximate surface area is 194 Å². The zero-order valence-corrected chi connectivity index (χ0v) is 19.3. The highest BCUT2D eigenvalue weighted by molar-refractivity contribution is 7.81. The molecule has 2 aliphatic rings. The van der Waals surface area contributed by atoms with Crippen molar-refractivity contribution in [2.45, 2.75) is 18.8 Å². The predicted octanol–water partition coefficient (Wildman–Crippen LogP) is 2.84. The third kappa shape index (κ3) is 4.73. The largest absolute Gasteiger partial charge is 0.492 e. The first kappa shape index (κ1) is 23.2. The van der Waals surface area contributed by atoms with Crippen molar-refractivity contribution in [2.24, 2.45) is 5.92 Å². The monoisotopic (exact) mass is 473 g/mol. The number of anilines is 2. The van der Waals surface area contributed by atoms with Crippen molar-refractivity contribution in [2.75, 3.05) is 38.1 Å². The van der Waals surface area contributed by atoms with E-state index in [1.165, 1.54) is 12.1 Å². The zero-order valence-electron chi connectivity index (χ0n) is 18.5. The lowest BCUT2D eigenvalue weighted by atomic mass is 9.99. The first-order chi connectivity index (χ1) is 15.8. The number of amides is 1. The molecule has 2 aromatic rings. The van der Waals surface area contributed by atoms with Gasteiger partial charge >= 0.3 is 5.97 Å². The number of hydrogen-bond donors (Lipinski definition) is 3. The molecule has 4 rings (SSSR count). The van der Waals surface area contributed by atoms with Gasteiger partial charge in [-0.3, -0.25) is 9.35 Å². The fourth-order valence-corrected chi connectivity index (χ4v) is 4.90. The van der Waals surface area contributed by atoms with Crippen LogP contribution in [0.15, 0.2) is 36.4 Å². The van der Waals surface area contributed by atoms with E-state index in [-0.39, 0.29) is 34.2 Å². The van der Waals surface area contributed by atoms with Gasteiger partial charge in [0.25, 0.3) is 17.2 Å². The number of carboxylic acids is 1. The minimum absolute atomic E-state index is 0.00552. The van der Waals surface area contributed by atoms with Crippen LogP contribution in [0.2, 0.25) is 0 Å². The minimum Gasteiger partial charge on any atom is -0.492 e. The molecule has 1 aliphatic heterocycles. The van der Waals surface area contributed by atoms with E-state index in [0.29, 0.717) is 19.1 Å². The smallest absolute Gasteiger partial charge is 0.341 e. The number of rotatable bonds is 9. The van der Waals surface area contributed by atoms with Crippen LogP contribution in [0.3, 0.4) is 0 Å². The van der Waals surface area contributed by atoms with Gasteiger partial charge < -0.3 is 20.1 Å². The van der Waals surface area contributed by atoms with Crippen LogP contribution in [0.1, 0.15) is 45.0 Å². The molecule has 0 spiro atoms. The number of benzene rings is 2. The molecule has 9 nitrogen and oxygen atoms in total. The fourth-order valence-electron chi connectivity index (χ4n) is 4.25. The Balaban J connectivity index is 1.72. The van der Waals surface area contributed by atoms with Crippen LogP contribution in [0.25, 0.3) is 0 Å². The predicted molar refractivity (Wildman–Crippen MR) is 125 cm³/mol. The molecule has 0 radical (unpaired) electrons. The zero-order chi connectivity index (χ0) is 23.7. The summed E-state index contributed by atoms with van der Waals surface area (Å²) in [6.45, 7) is 1.66. The van der Waals surface area contributed by atoms with Crippen LogP contribution >= 0.6 is 0 Å². The molecule has 1 aliphatic carbocycles. The molecule has 3 N–H and O–H groups in total. The highest BCUT2D eigenvalue weighted by Gasteiger charge is 2.46.